The van der Waals surface area contributed by atoms with Crippen LogP contribution in [0.1, 0.15) is 36.1 Å². The number of piperazine rings is 1. The van der Waals surface area contributed by atoms with Crippen molar-refractivity contribution in [1.82, 2.24) is 19.2 Å². The number of hydrogen-bond acceptors (Lipinski definition) is 5. The second kappa shape index (κ2) is 11.4. The van der Waals surface area contributed by atoms with Gasteiger partial charge in [0.15, 0.2) is 11.4 Å². The molecule has 4 aromatic rings. The number of nitrogens with zero attached hydrogens (tertiary/aromatic N) is 4. The third kappa shape index (κ3) is 5.49. The largest absolute Gasteiger partial charge is 0.497 e. The first-order valence-corrected chi connectivity index (χ1v) is 12.8. The van der Waals surface area contributed by atoms with E-state index in [9.17, 15) is 9.59 Å². The molecule has 2 amide bonds. The molecule has 1 atom stereocenters. The number of carbonyl (C=O) groups is 2. The lowest BCUT2D eigenvalue weighted by atomic mass is 9.91. The zero-order valence-corrected chi connectivity index (χ0v) is 21.7. The van der Waals surface area contributed by atoms with Gasteiger partial charge in [-0.3, -0.25) is 9.59 Å². The second-order valence-electron chi connectivity index (χ2n) is 9.44. The summed E-state index contributed by atoms with van der Waals surface area (Å²) >= 11 is 0. The maximum atomic E-state index is 13.5. The summed E-state index contributed by atoms with van der Waals surface area (Å²) in [5.41, 5.74) is 3.64. The molecule has 2 aromatic heterocycles. The smallest absolute Gasteiger partial charge is 0.223 e. The minimum atomic E-state index is -0.247. The van der Waals surface area contributed by atoms with E-state index in [0.29, 0.717) is 44.2 Å². The Bertz CT molecular complexity index is 1410. The molecule has 5 rings (SSSR count). The van der Waals surface area contributed by atoms with Gasteiger partial charge in [0.2, 0.25) is 11.8 Å². The molecule has 1 fully saturated rings. The fraction of sp³-hybridized carbons (Fsp3) is 0.300. The second-order valence-corrected chi connectivity index (χ2v) is 9.44. The molecule has 1 saturated heterocycles. The minimum Gasteiger partial charge on any atom is -0.497 e. The van der Waals surface area contributed by atoms with E-state index in [1.54, 1.807) is 18.9 Å². The van der Waals surface area contributed by atoms with Gasteiger partial charge in [-0.05, 0) is 35.4 Å². The Labute approximate surface area is 222 Å². The molecule has 3 heterocycles. The van der Waals surface area contributed by atoms with Gasteiger partial charge in [-0.25, -0.2) is 4.98 Å². The van der Waals surface area contributed by atoms with Gasteiger partial charge in [0, 0.05) is 57.8 Å². The third-order valence-corrected chi connectivity index (χ3v) is 7.08. The first-order valence-electron chi connectivity index (χ1n) is 12.8. The molecule has 1 unspecified atom stereocenters. The van der Waals surface area contributed by atoms with Gasteiger partial charge in [-0.1, -0.05) is 42.5 Å². The van der Waals surface area contributed by atoms with Gasteiger partial charge in [0.1, 0.15) is 12.4 Å². The van der Waals surface area contributed by atoms with Crippen LogP contribution < -0.4 is 9.47 Å². The average Bonchev–Trinajstić information content (AvgIpc) is 3.40. The predicted molar refractivity (Wildman–Crippen MR) is 144 cm³/mol. The average molecular weight is 513 g/mol. The van der Waals surface area contributed by atoms with Crippen LogP contribution in [-0.4, -0.2) is 64.3 Å². The summed E-state index contributed by atoms with van der Waals surface area (Å²) < 4.78 is 13.6. The summed E-state index contributed by atoms with van der Waals surface area (Å²) in [5, 5.41) is 0. The fourth-order valence-electron chi connectivity index (χ4n) is 4.94. The molecule has 8 nitrogen and oxygen atoms in total. The van der Waals surface area contributed by atoms with Crippen LogP contribution in [0.25, 0.3) is 5.65 Å². The Morgan fingerprint density at radius 1 is 0.947 bits per heavy atom. The summed E-state index contributed by atoms with van der Waals surface area (Å²) in [5.74, 6) is 1.26. The van der Waals surface area contributed by atoms with E-state index in [-0.39, 0.29) is 24.2 Å². The van der Waals surface area contributed by atoms with Crippen LogP contribution in [0.4, 0.5) is 0 Å². The van der Waals surface area contributed by atoms with Crippen molar-refractivity contribution in [2.45, 2.75) is 25.9 Å². The van der Waals surface area contributed by atoms with Gasteiger partial charge in [-0.15, -0.1) is 0 Å². The molecular weight excluding hydrogens is 480 g/mol. The lowest BCUT2D eigenvalue weighted by Crippen LogP contribution is -2.50. The highest BCUT2D eigenvalue weighted by Crippen LogP contribution is 2.33. The minimum absolute atomic E-state index is 0.0439. The molecule has 0 N–H and O–H groups in total. The van der Waals surface area contributed by atoms with Crippen molar-refractivity contribution in [3.63, 3.8) is 0 Å². The SMILES string of the molecule is COc1cccc(C(CC(=O)N2CCN(C(C)=O)CC2)c2cnc3c(OCc4ccccc4)cccn23)c1. The number of methoxy groups -OCH3 is 1. The number of benzene rings is 2. The van der Waals surface area contributed by atoms with Crippen molar-refractivity contribution in [1.29, 1.82) is 0 Å². The molecule has 0 spiro atoms. The van der Waals surface area contributed by atoms with Gasteiger partial charge in [-0.2, -0.15) is 0 Å². The summed E-state index contributed by atoms with van der Waals surface area (Å²) in [6.07, 6.45) is 4.06. The van der Waals surface area contributed by atoms with Crippen molar-refractivity contribution < 1.29 is 19.1 Å². The highest BCUT2D eigenvalue weighted by atomic mass is 16.5. The molecule has 0 saturated carbocycles. The zero-order valence-electron chi connectivity index (χ0n) is 21.7. The molecular formula is C30H32N4O4. The van der Waals surface area contributed by atoms with Gasteiger partial charge < -0.3 is 23.7 Å². The van der Waals surface area contributed by atoms with Crippen LogP contribution in [-0.2, 0) is 16.2 Å². The lowest BCUT2D eigenvalue weighted by Gasteiger charge is -2.35. The number of hydrogen-bond donors (Lipinski definition) is 0. The lowest BCUT2D eigenvalue weighted by molar-refractivity contribution is -0.138. The number of aromatic nitrogens is 2. The zero-order chi connectivity index (χ0) is 26.5. The van der Waals surface area contributed by atoms with Crippen molar-refractivity contribution in [2.75, 3.05) is 33.3 Å². The highest BCUT2D eigenvalue weighted by Gasteiger charge is 2.28. The quantitative estimate of drug-likeness (QED) is 0.355. The molecule has 0 aliphatic carbocycles. The standard InChI is InChI=1S/C30H32N4O4/c1-22(35)32-14-16-33(17-15-32)29(36)19-26(24-10-6-11-25(18-24)37-2)27-20-31-30-28(12-7-13-34(27)30)38-21-23-8-4-3-5-9-23/h3-13,18,20,26H,14-17,19,21H2,1-2H3. The van der Waals surface area contributed by atoms with Crippen LogP contribution in [0, 0.1) is 0 Å². The van der Waals surface area contributed by atoms with Crippen LogP contribution >= 0.6 is 0 Å². The van der Waals surface area contributed by atoms with E-state index in [4.69, 9.17) is 14.5 Å². The molecule has 196 valence electrons. The number of fused-ring (bicyclic) bond motifs is 1. The van der Waals surface area contributed by atoms with E-state index in [1.807, 2.05) is 88.4 Å². The Kier molecular flexibility index (Phi) is 7.58. The van der Waals surface area contributed by atoms with E-state index < -0.39 is 0 Å². The number of amides is 2. The Balaban J connectivity index is 1.44. The Hall–Kier alpha value is -4.33. The van der Waals surface area contributed by atoms with Gasteiger partial charge >= 0.3 is 0 Å². The molecule has 1 aliphatic rings. The highest BCUT2D eigenvalue weighted by molar-refractivity contribution is 5.79. The van der Waals surface area contributed by atoms with Crippen molar-refractivity contribution in [3.8, 4) is 11.5 Å². The van der Waals surface area contributed by atoms with Crippen molar-refractivity contribution in [2.24, 2.45) is 0 Å². The first-order chi connectivity index (χ1) is 18.5. The van der Waals surface area contributed by atoms with Crippen LogP contribution in [0.5, 0.6) is 11.5 Å². The number of ether oxygens (including phenoxy) is 2. The molecule has 0 radical (unpaired) electrons. The normalized spacial score (nSPS) is 14.4. The van der Waals surface area contributed by atoms with Crippen molar-refractivity contribution >= 4 is 17.5 Å². The van der Waals surface area contributed by atoms with Gasteiger partial charge in [0.05, 0.1) is 12.8 Å². The fourth-order valence-corrected chi connectivity index (χ4v) is 4.94. The van der Waals surface area contributed by atoms with Crippen LogP contribution in [0.3, 0.4) is 0 Å². The van der Waals surface area contributed by atoms with Crippen molar-refractivity contribution in [3.05, 3.63) is 95.9 Å². The predicted octanol–water partition coefficient (Wildman–Crippen LogP) is 4.13. The number of carbonyl (C=O) groups excluding carboxylic acids is 2. The molecule has 0 bridgehead atoms. The maximum absolute atomic E-state index is 13.5. The van der Waals surface area contributed by atoms with E-state index in [2.05, 4.69) is 0 Å². The maximum Gasteiger partial charge on any atom is 0.223 e. The number of imidazole rings is 1. The topological polar surface area (TPSA) is 76.4 Å². The number of rotatable bonds is 8. The van der Waals surface area contributed by atoms with E-state index in [1.165, 1.54) is 0 Å². The van der Waals surface area contributed by atoms with Gasteiger partial charge in [0.25, 0.3) is 0 Å². The molecule has 38 heavy (non-hydrogen) atoms. The monoisotopic (exact) mass is 512 g/mol. The van der Waals surface area contributed by atoms with E-state index >= 15 is 0 Å². The molecule has 2 aromatic carbocycles. The van der Waals surface area contributed by atoms with E-state index in [0.717, 1.165) is 22.6 Å². The summed E-state index contributed by atoms with van der Waals surface area (Å²) in [4.78, 5) is 33.6. The Morgan fingerprint density at radius 3 is 2.45 bits per heavy atom. The first kappa shape index (κ1) is 25.3. The summed E-state index contributed by atoms with van der Waals surface area (Å²) in [6, 6.07) is 21.7. The summed E-state index contributed by atoms with van der Waals surface area (Å²) in [7, 11) is 1.64. The summed E-state index contributed by atoms with van der Waals surface area (Å²) in [6.45, 7) is 4.19. The molecule has 1 aliphatic heterocycles. The number of pyridine rings is 1. The molecule has 8 heteroatoms. The Morgan fingerprint density at radius 2 is 1.71 bits per heavy atom. The van der Waals surface area contributed by atoms with Crippen LogP contribution in [0.2, 0.25) is 0 Å². The third-order valence-electron chi connectivity index (χ3n) is 7.08. The van der Waals surface area contributed by atoms with Crippen LogP contribution in [0.15, 0.2) is 79.1 Å².